The molecule has 2 saturated carbocycles. The molecule has 1 aromatic rings. The molecule has 4 unspecified atom stereocenters. The minimum atomic E-state index is 0.447. The molecule has 1 aliphatic heterocycles. The second-order valence-electron chi connectivity index (χ2n) is 5.32. The van der Waals surface area contributed by atoms with Crippen LogP contribution >= 0.6 is 0 Å². The van der Waals surface area contributed by atoms with Gasteiger partial charge in [-0.25, -0.2) is 0 Å². The minimum Gasteiger partial charge on any atom is -0.489 e. The van der Waals surface area contributed by atoms with Gasteiger partial charge in [0.1, 0.15) is 11.9 Å². The van der Waals surface area contributed by atoms with Gasteiger partial charge in [0.2, 0.25) is 0 Å². The molecule has 1 heteroatoms. The smallest absolute Gasteiger partial charge is 0.123 e. The normalized spacial score (nSPS) is 40.9. The lowest BCUT2D eigenvalue weighted by Crippen LogP contribution is -2.27. The van der Waals surface area contributed by atoms with Gasteiger partial charge in [0.25, 0.3) is 0 Å². The zero-order valence-electron chi connectivity index (χ0n) is 9.52. The maximum Gasteiger partial charge on any atom is 0.123 e. The fraction of sp³-hybridized carbons (Fsp3) is 0.467. The summed E-state index contributed by atoms with van der Waals surface area (Å²) in [6.07, 6.45) is 5.42. The van der Waals surface area contributed by atoms with E-state index in [0.29, 0.717) is 17.9 Å². The molecule has 1 heterocycles. The minimum absolute atomic E-state index is 0.447. The maximum atomic E-state index is 6.16. The van der Waals surface area contributed by atoms with Crippen molar-refractivity contribution in [3.05, 3.63) is 41.5 Å². The van der Waals surface area contributed by atoms with E-state index < -0.39 is 0 Å². The topological polar surface area (TPSA) is 9.23 Å². The molecule has 2 bridgehead atoms. The summed E-state index contributed by atoms with van der Waals surface area (Å²) in [4.78, 5) is 0. The Hall–Kier alpha value is -1.24. The lowest BCUT2D eigenvalue weighted by Gasteiger charge is -2.25. The van der Waals surface area contributed by atoms with E-state index in [1.54, 1.807) is 5.57 Å². The second-order valence-corrected chi connectivity index (χ2v) is 5.32. The third-order valence-electron chi connectivity index (χ3n) is 4.70. The number of rotatable bonds is 0. The second kappa shape index (κ2) is 2.91. The Morgan fingerprint density at radius 1 is 1.31 bits per heavy atom. The number of hydrogen-bond donors (Lipinski definition) is 0. The summed E-state index contributed by atoms with van der Waals surface area (Å²) in [5.41, 5.74) is 3.11. The first kappa shape index (κ1) is 8.86. The van der Waals surface area contributed by atoms with Crippen LogP contribution < -0.4 is 4.74 Å². The van der Waals surface area contributed by atoms with Crippen LogP contribution in [0.15, 0.2) is 35.9 Å². The summed E-state index contributed by atoms with van der Waals surface area (Å²) in [5.74, 6) is 3.37. The quantitative estimate of drug-likeness (QED) is 0.598. The van der Waals surface area contributed by atoms with Gasteiger partial charge in [0.05, 0.1) is 0 Å². The Balaban J connectivity index is 1.80. The van der Waals surface area contributed by atoms with E-state index >= 15 is 0 Å². The summed E-state index contributed by atoms with van der Waals surface area (Å²) in [5, 5.41) is 0. The first-order valence-electron chi connectivity index (χ1n) is 6.29. The lowest BCUT2D eigenvalue weighted by molar-refractivity contribution is 0.172. The van der Waals surface area contributed by atoms with Crippen molar-refractivity contribution in [2.75, 3.05) is 0 Å². The Bertz CT molecular complexity index is 474. The van der Waals surface area contributed by atoms with Crippen molar-refractivity contribution in [1.82, 2.24) is 0 Å². The van der Waals surface area contributed by atoms with E-state index in [9.17, 15) is 0 Å². The third-order valence-corrected chi connectivity index (χ3v) is 4.70. The van der Waals surface area contributed by atoms with E-state index in [2.05, 4.69) is 37.3 Å². The van der Waals surface area contributed by atoms with Crippen LogP contribution in [-0.4, -0.2) is 6.10 Å². The fourth-order valence-electron chi connectivity index (χ4n) is 4.08. The Labute approximate surface area is 96.1 Å². The van der Waals surface area contributed by atoms with Crippen molar-refractivity contribution in [2.24, 2.45) is 11.8 Å². The van der Waals surface area contributed by atoms with Crippen LogP contribution in [0.1, 0.15) is 31.2 Å². The standard InChI is InChI=1S/C15H16O/c1-2-9-7-10-8-12(9)15-14(10)11-5-3-4-6-13(11)16-15/h2-6,10,12,14-15H,7-8H2,1H3/b9-2+. The van der Waals surface area contributed by atoms with Crippen molar-refractivity contribution in [3.8, 4) is 5.75 Å². The molecule has 0 amide bonds. The van der Waals surface area contributed by atoms with Crippen molar-refractivity contribution >= 4 is 0 Å². The molecule has 1 aromatic carbocycles. The van der Waals surface area contributed by atoms with E-state index in [1.165, 1.54) is 18.4 Å². The van der Waals surface area contributed by atoms with Gasteiger partial charge in [-0.05, 0) is 31.7 Å². The van der Waals surface area contributed by atoms with Gasteiger partial charge >= 0.3 is 0 Å². The van der Waals surface area contributed by atoms with Gasteiger partial charge in [-0.15, -0.1) is 0 Å². The molecule has 0 spiro atoms. The zero-order valence-corrected chi connectivity index (χ0v) is 9.52. The summed E-state index contributed by atoms with van der Waals surface area (Å²) in [6, 6.07) is 8.62. The molecule has 1 nitrogen and oxygen atoms in total. The number of ether oxygens (including phenoxy) is 1. The van der Waals surface area contributed by atoms with E-state index in [0.717, 1.165) is 11.7 Å². The van der Waals surface area contributed by atoms with E-state index in [4.69, 9.17) is 4.74 Å². The molecule has 2 aliphatic carbocycles. The molecule has 16 heavy (non-hydrogen) atoms. The first-order valence-corrected chi connectivity index (χ1v) is 6.29. The van der Waals surface area contributed by atoms with Gasteiger partial charge in [-0.2, -0.15) is 0 Å². The van der Waals surface area contributed by atoms with Crippen LogP contribution in [0, 0.1) is 11.8 Å². The number of hydrogen-bond acceptors (Lipinski definition) is 1. The predicted octanol–water partition coefficient (Wildman–Crippen LogP) is 3.52. The van der Waals surface area contributed by atoms with Crippen LogP contribution in [0.4, 0.5) is 0 Å². The first-order chi connectivity index (χ1) is 7.88. The predicted molar refractivity (Wildman–Crippen MR) is 63.6 cm³/mol. The molecule has 0 aromatic heterocycles. The average Bonchev–Trinajstić information content (AvgIpc) is 2.97. The molecule has 0 radical (unpaired) electrons. The van der Waals surface area contributed by atoms with Crippen molar-refractivity contribution in [1.29, 1.82) is 0 Å². The highest BCUT2D eigenvalue weighted by Crippen LogP contribution is 2.60. The number of para-hydroxylation sites is 1. The van der Waals surface area contributed by atoms with Crippen LogP contribution in [0.5, 0.6) is 5.75 Å². The maximum absolute atomic E-state index is 6.16. The third kappa shape index (κ3) is 0.922. The van der Waals surface area contributed by atoms with Gasteiger partial charge in [-0.3, -0.25) is 0 Å². The monoisotopic (exact) mass is 212 g/mol. The van der Waals surface area contributed by atoms with Crippen molar-refractivity contribution < 1.29 is 4.74 Å². The molecule has 2 fully saturated rings. The molecular weight excluding hydrogens is 196 g/mol. The lowest BCUT2D eigenvalue weighted by atomic mass is 9.80. The molecule has 4 atom stereocenters. The molecular formula is C15H16O. The fourth-order valence-corrected chi connectivity index (χ4v) is 4.08. The van der Waals surface area contributed by atoms with Crippen LogP contribution in [0.25, 0.3) is 0 Å². The summed E-state index contributed by atoms with van der Waals surface area (Å²) in [7, 11) is 0. The Morgan fingerprint density at radius 3 is 3.06 bits per heavy atom. The molecule has 3 aliphatic rings. The highest BCUT2D eigenvalue weighted by Gasteiger charge is 2.55. The number of benzene rings is 1. The summed E-state index contributed by atoms with van der Waals surface area (Å²) in [6.45, 7) is 2.17. The summed E-state index contributed by atoms with van der Waals surface area (Å²) >= 11 is 0. The van der Waals surface area contributed by atoms with E-state index in [1.807, 2.05) is 0 Å². The van der Waals surface area contributed by atoms with Crippen molar-refractivity contribution in [2.45, 2.75) is 31.8 Å². The summed E-state index contributed by atoms with van der Waals surface area (Å²) < 4.78 is 6.16. The van der Waals surface area contributed by atoms with Crippen LogP contribution in [0.3, 0.4) is 0 Å². The van der Waals surface area contributed by atoms with Gasteiger partial charge in [0.15, 0.2) is 0 Å². The number of fused-ring (bicyclic) bond motifs is 7. The van der Waals surface area contributed by atoms with Gasteiger partial charge < -0.3 is 4.74 Å². The molecule has 0 N–H and O–H groups in total. The van der Waals surface area contributed by atoms with Gasteiger partial charge in [0, 0.05) is 17.4 Å². The number of allylic oxidation sites excluding steroid dienone is 1. The zero-order chi connectivity index (χ0) is 10.7. The molecule has 82 valence electrons. The van der Waals surface area contributed by atoms with Crippen LogP contribution in [0.2, 0.25) is 0 Å². The molecule has 0 saturated heterocycles. The highest BCUT2D eigenvalue weighted by molar-refractivity contribution is 5.45. The largest absolute Gasteiger partial charge is 0.489 e. The SMILES string of the molecule is C/C=C1\CC2CC1C1Oc3ccccc3C21. The van der Waals surface area contributed by atoms with Crippen molar-refractivity contribution in [3.63, 3.8) is 0 Å². The Kier molecular flexibility index (Phi) is 1.61. The van der Waals surface area contributed by atoms with E-state index in [-0.39, 0.29) is 0 Å². The Morgan fingerprint density at radius 2 is 2.19 bits per heavy atom. The highest BCUT2D eigenvalue weighted by atomic mass is 16.5. The molecule has 4 rings (SSSR count). The van der Waals surface area contributed by atoms with Gasteiger partial charge in [-0.1, -0.05) is 29.8 Å². The van der Waals surface area contributed by atoms with Crippen LogP contribution in [-0.2, 0) is 0 Å². The average molecular weight is 212 g/mol.